The third-order valence-electron chi connectivity index (χ3n) is 1.80. The van der Waals surface area contributed by atoms with Crippen molar-refractivity contribution in [1.82, 2.24) is 4.90 Å². The van der Waals surface area contributed by atoms with Gasteiger partial charge in [-0.25, -0.2) is 0 Å². The molecule has 0 aromatic heterocycles. The average Bonchev–Trinajstić information content (AvgIpc) is 2.10. The van der Waals surface area contributed by atoms with Crippen molar-refractivity contribution in [3.05, 3.63) is 0 Å². The van der Waals surface area contributed by atoms with Crippen molar-refractivity contribution in [3.8, 4) is 0 Å². The largest absolute Gasteiger partial charge is 0.288 e. The third-order valence-corrected chi connectivity index (χ3v) is 1.80. The van der Waals surface area contributed by atoms with Gasteiger partial charge in [-0.1, -0.05) is 26.2 Å². The molecule has 0 saturated carbocycles. The topological polar surface area (TPSA) is 37.4 Å². The van der Waals surface area contributed by atoms with Gasteiger partial charge in [0.1, 0.15) is 0 Å². The summed E-state index contributed by atoms with van der Waals surface area (Å²) in [6.07, 6.45) is 5.35. The highest BCUT2D eigenvalue weighted by Crippen LogP contribution is 2.03. The van der Waals surface area contributed by atoms with Crippen LogP contribution < -0.4 is 0 Å². The molecule has 0 heterocycles. The summed E-state index contributed by atoms with van der Waals surface area (Å²) in [5.41, 5.74) is 0. The molecular formula is C9H17NO2. The Morgan fingerprint density at radius 2 is 2.00 bits per heavy atom. The van der Waals surface area contributed by atoms with E-state index in [0.29, 0.717) is 12.8 Å². The first-order valence-electron chi connectivity index (χ1n) is 4.43. The first kappa shape index (κ1) is 11.1. The van der Waals surface area contributed by atoms with Crippen molar-refractivity contribution >= 4 is 12.3 Å². The lowest BCUT2D eigenvalue weighted by molar-refractivity contribution is -0.136. The Bertz CT molecular complexity index is 145. The molecule has 0 bridgehead atoms. The van der Waals surface area contributed by atoms with Crippen molar-refractivity contribution in [2.24, 2.45) is 0 Å². The van der Waals surface area contributed by atoms with Crippen LogP contribution in [0, 0.1) is 0 Å². The van der Waals surface area contributed by atoms with E-state index in [-0.39, 0.29) is 5.91 Å². The molecule has 0 N–H and O–H groups in total. The summed E-state index contributed by atoms with van der Waals surface area (Å²) in [7, 11) is 1.50. The number of rotatable bonds is 6. The van der Waals surface area contributed by atoms with E-state index in [4.69, 9.17) is 0 Å². The molecule has 70 valence electrons. The molecule has 0 aliphatic carbocycles. The van der Waals surface area contributed by atoms with Gasteiger partial charge >= 0.3 is 0 Å². The van der Waals surface area contributed by atoms with E-state index < -0.39 is 0 Å². The number of hydrogen-bond acceptors (Lipinski definition) is 2. The molecule has 2 amide bonds. The maximum absolute atomic E-state index is 11.0. The molecule has 0 aliphatic heterocycles. The van der Waals surface area contributed by atoms with Crippen LogP contribution in [-0.2, 0) is 9.59 Å². The normalized spacial score (nSPS) is 9.50. The second-order valence-corrected chi connectivity index (χ2v) is 2.92. The molecule has 0 aromatic carbocycles. The Morgan fingerprint density at radius 3 is 2.50 bits per heavy atom. The van der Waals surface area contributed by atoms with E-state index in [1.807, 2.05) is 0 Å². The fraction of sp³-hybridized carbons (Fsp3) is 0.778. The van der Waals surface area contributed by atoms with Gasteiger partial charge in [-0.2, -0.15) is 0 Å². The molecule has 0 spiro atoms. The van der Waals surface area contributed by atoms with Crippen LogP contribution in [0.15, 0.2) is 0 Å². The summed E-state index contributed by atoms with van der Waals surface area (Å²) in [5, 5.41) is 0. The van der Waals surface area contributed by atoms with E-state index in [0.717, 1.165) is 30.6 Å². The quantitative estimate of drug-likeness (QED) is 0.449. The van der Waals surface area contributed by atoms with Crippen LogP contribution in [0.3, 0.4) is 0 Å². The Hall–Kier alpha value is -0.860. The van der Waals surface area contributed by atoms with E-state index in [1.54, 1.807) is 0 Å². The summed E-state index contributed by atoms with van der Waals surface area (Å²) in [6, 6.07) is 0. The molecular weight excluding hydrogens is 154 g/mol. The average molecular weight is 171 g/mol. The van der Waals surface area contributed by atoms with Gasteiger partial charge in [-0.05, 0) is 6.42 Å². The molecule has 0 atom stereocenters. The summed E-state index contributed by atoms with van der Waals surface area (Å²) < 4.78 is 0. The fourth-order valence-electron chi connectivity index (χ4n) is 0.938. The Labute approximate surface area is 73.7 Å². The van der Waals surface area contributed by atoms with Crippen molar-refractivity contribution in [2.45, 2.75) is 39.0 Å². The minimum Gasteiger partial charge on any atom is -0.288 e. The molecule has 0 rings (SSSR count). The highest BCUT2D eigenvalue weighted by molar-refractivity contribution is 5.85. The van der Waals surface area contributed by atoms with Crippen molar-refractivity contribution in [2.75, 3.05) is 7.05 Å². The molecule has 0 saturated heterocycles. The van der Waals surface area contributed by atoms with Crippen molar-refractivity contribution < 1.29 is 9.59 Å². The SMILES string of the molecule is CCCCCCC(=O)N(C)C=O. The Kier molecular flexibility index (Phi) is 6.34. The second-order valence-electron chi connectivity index (χ2n) is 2.92. The molecule has 0 unspecified atom stereocenters. The van der Waals surface area contributed by atoms with Crippen LogP contribution >= 0.6 is 0 Å². The summed E-state index contributed by atoms with van der Waals surface area (Å²) in [5.74, 6) is -0.0823. The number of hydrogen-bond donors (Lipinski definition) is 0. The van der Waals surface area contributed by atoms with E-state index in [9.17, 15) is 9.59 Å². The lowest BCUT2D eigenvalue weighted by Crippen LogP contribution is -2.24. The number of carbonyl (C=O) groups is 2. The summed E-state index contributed by atoms with van der Waals surface area (Å²) in [4.78, 5) is 22.3. The fourth-order valence-corrected chi connectivity index (χ4v) is 0.938. The number of carbonyl (C=O) groups excluding carboxylic acids is 2. The molecule has 3 nitrogen and oxygen atoms in total. The lowest BCUT2D eigenvalue weighted by atomic mass is 10.1. The molecule has 0 aromatic rings. The van der Waals surface area contributed by atoms with Gasteiger partial charge in [-0.3, -0.25) is 14.5 Å². The van der Waals surface area contributed by atoms with Gasteiger partial charge in [0.15, 0.2) is 0 Å². The Morgan fingerprint density at radius 1 is 1.33 bits per heavy atom. The van der Waals surface area contributed by atoms with E-state index in [2.05, 4.69) is 6.92 Å². The number of unbranched alkanes of at least 4 members (excludes halogenated alkanes) is 3. The van der Waals surface area contributed by atoms with Crippen LogP contribution in [0.1, 0.15) is 39.0 Å². The highest BCUT2D eigenvalue weighted by atomic mass is 16.2. The zero-order chi connectivity index (χ0) is 9.40. The minimum absolute atomic E-state index is 0.0823. The summed E-state index contributed by atoms with van der Waals surface area (Å²) >= 11 is 0. The van der Waals surface area contributed by atoms with Gasteiger partial charge in [0.2, 0.25) is 12.3 Å². The van der Waals surface area contributed by atoms with Gasteiger partial charge in [0.25, 0.3) is 0 Å². The number of amides is 2. The van der Waals surface area contributed by atoms with Gasteiger partial charge in [0, 0.05) is 13.5 Å². The standard InChI is InChI=1S/C9H17NO2/c1-3-4-5-6-7-9(12)10(2)8-11/h8H,3-7H2,1-2H3. The van der Waals surface area contributed by atoms with Crippen molar-refractivity contribution in [1.29, 1.82) is 0 Å². The molecule has 12 heavy (non-hydrogen) atoms. The van der Waals surface area contributed by atoms with Crippen LogP contribution in [0.2, 0.25) is 0 Å². The predicted octanol–water partition coefficient (Wildman–Crippen LogP) is 1.57. The first-order valence-corrected chi connectivity index (χ1v) is 4.43. The van der Waals surface area contributed by atoms with Crippen LogP contribution in [0.5, 0.6) is 0 Å². The molecule has 0 fully saturated rings. The smallest absolute Gasteiger partial charge is 0.228 e. The zero-order valence-corrected chi connectivity index (χ0v) is 7.88. The van der Waals surface area contributed by atoms with E-state index >= 15 is 0 Å². The maximum Gasteiger partial charge on any atom is 0.228 e. The second kappa shape index (κ2) is 6.83. The molecule has 0 aliphatic rings. The molecule has 0 radical (unpaired) electrons. The lowest BCUT2D eigenvalue weighted by Gasteiger charge is -2.07. The highest BCUT2D eigenvalue weighted by Gasteiger charge is 2.05. The zero-order valence-electron chi connectivity index (χ0n) is 7.88. The van der Waals surface area contributed by atoms with Crippen LogP contribution in [-0.4, -0.2) is 24.3 Å². The number of nitrogens with zero attached hydrogens (tertiary/aromatic N) is 1. The summed E-state index contributed by atoms with van der Waals surface area (Å²) in [6.45, 7) is 2.12. The predicted molar refractivity (Wildman–Crippen MR) is 47.6 cm³/mol. The van der Waals surface area contributed by atoms with E-state index in [1.165, 1.54) is 7.05 Å². The van der Waals surface area contributed by atoms with Gasteiger partial charge in [0.05, 0.1) is 0 Å². The van der Waals surface area contributed by atoms with Crippen LogP contribution in [0.25, 0.3) is 0 Å². The van der Waals surface area contributed by atoms with Gasteiger partial charge < -0.3 is 0 Å². The molecule has 3 heteroatoms. The third kappa shape index (κ3) is 4.88. The van der Waals surface area contributed by atoms with Gasteiger partial charge in [-0.15, -0.1) is 0 Å². The minimum atomic E-state index is -0.0823. The maximum atomic E-state index is 11.0. The first-order chi connectivity index (χ1) is 5.72. The number of imide groups is 1. The van der Waals surface area contributed by atoms with Crippen LogP contribution in [0.4, 0.5) is 0 Å². The monoisotopic (exact) mass is 171 g/mol. The van der Waals surface area contributed by atoms with Crippen molar-refractivity contribution in [3.63, 3.8) is 0 Å². The Balaban J connectivity index is 3.37.